The van der Waals surface area contributed by atoms with Gasteiger partial charge in [-0.25, -0.2) is 8.42 Å². The van der Waals surface area contributed by atoms with Crippen LogP contribution < -0.4 is 14.4 Å². The zero-order valence-corrected chi connectivity index (χ0v) is 15.3. The number of amides is 1. The standard InChI is InChI=1S/C17H19ClN2O4S/c1-25(22,23)20(16-10-6-5-9-15(16)18)12-11-19-17(21)13-24-14-7-3-2-4-8-14/h2-10H,11-13H2,1H3,(H,19,21). The number of anilines is 1. The van der Waals surface area contributed by atoms with Gasteiger partial charge in [0.25, 0.3) is 5.91 Å². The van der Waals surface area contributed by atoms with Gasteiger partial charge >= 0.3 is 0 Å². The van der Waals surface area contributed by atoms with Crippen LogP contribution in [0.15, 0.2) is 54.6 Å². The Kier molecular flexibility index (Phi) is 6.66. The highest BCUT2D eigenvalue weighted by Gasteiger charge is 2.19. The van der Waals surface area contributed by atoms with E-state index in [1.807, 2.05) is 6.07 Å². The molecule has 0 unspecified atom stereocenters. The smallest absolute Gasteiger partial charge is 0.258 e. The Morgan fingerprint density at radius 2 is 1.76 bits per heavy atom. The van der Waals surface area contributed by atoms with Crippen LogP contribution in [0.4, 0.5) is 5.69 Å². The van der Waals surface area contributed by atoms with E-state index in [1.54, 1.807) is 48.5 Å². The number of hydrogen-bond acceptors (Lipinski definition) is 4. The lowest BCUT2D eigenvalue weighted by molar-refractivity contribution is -0.123. The highest BCUT2D eigenvalue weighted by molar-refractivity contribution is 7.92. The van der Waals surface area contributed by atoms with E-state index in [0.717, 1.165) is 10.6 Å². The SMILES string of the molecule is CS(=O)(=O)N(CCNC(=O)COc1ccccc1)c1ccccc1Cl. The molecule has 0 saturated carbocycles. The third-order valence-electron chi connectivity index (χ3n) is 3.27. The molecule has 1 amide bonds. The second-order valence-electron chi connectivity index (χ2n) is 5.24. The quantitative estimate of drug-likeness (QED) is 0.760. The second-order valence-corrected chi connectivity index (χ2v) is 7.55. The monoisotopic (exact) mass is 382 g/mol. The Balaban J connectivity index is 1.89. The van der Waals surface area contributed by atoms with Crippen molar-refractivity contribution >= 4 is 33.2 Å². The number of sulfonamides is 1. The van der Waals surface area contributed by atoms with E-state index in [9.17, 15) is 13.2 Å². The van der Waals surface area contributed by atoms with Crippen molar-refractivity contribution in [2.75, 3.05) is 30.3 Å². The normalized spacial score (nSPS) is 11.0. The van der Waals surface area contributed by atoms with Gasteiger partial charge in [-0.2, -0.15) is 0 Å². The Labute approximate surface area is 152 Å². The number of rotatable bonds is 8. The molecular formula is C17H19ClN2O4S. The van der Waals surface area contributed by atoms with E-state index in [4.69, 9.17) is 16.3 Å². The summed E-state index contributed by atoms with van der Waals surface area (Å²) in [6.45, 7) is 0.0594. The van der Waals surface area contributed by atoms with Gasteiger partial charge in [-0.1, -0.05) is 41.9 Å². The minimum atomic E-state index is -3.53. The summed E-state index contributed by atoms with van der Waals surface area (Å²) in [6, 6.07) is 15.6. The first-order chi connectivity index (χ1) is 11.9. The molecule has 0 aliphatic carbocycles. The van der Waals surface area contributed by atoms with Gasteiger partial charge in [-0.3, -0.25) is 9.10 Å². The van der Waals surface area contributed by atoms with E-state index in [1.165, 1.54) is 0 Å². The molecule has 6 nitrogen and oxygen atoms in total. The molecule has 2 aromatic carbocycles. The summed E-state index contributed by atoms with van der Waals surface area (Å²) in [7, 11) is -3.53. The van der Waals surface area contributed by atoms with Crippen LogP contribution in [0.1, 0.15) is 0 Å². The molecule has 25 heavy (non-hydrogen) atoms. The summed E-state index contributed by atoms with van der Waals surface area (Å²) in [5.41, 5.74) is 0.376. The molecule has 134 valence electrons. The summed E-state index contributed by atoms with van der Waals surface area (Å²) in [5, 5.41) is 2.96. The van der Waals surface area contributed by atoms with E-state index >= 15 is 0 Å². The highest BCUT2D eigenvalue weighted by atomic mass is 35.5. The molecule has 0 saturated heterocycles. The first-order valence-electron chi connectivity index (χ1n) is 7.55. The second kappa shape index (κ2) is 8.73. The van der Waals surface area contributed by atoms with E-state index in [2.05, 4.69) is 5.32 Å². The molecular weight excluding hydrogens is 364 g/mol. The van der Waals surface area contributed by atoms with Crippen LogP contribution >= 0.6 is 11.6 Å². The molecule has 0 aromatic heterocycles. The van der Waals surface area contributed by atoms with Crippen molar-refractivity contribution in [1.29, 1.82) is 0 Å². The zero-order valence-electron chi connectivity index (χ0n) is 13.7. The van der Waals surface area contributed by atoms with Crippen molar-refractivity contribution in [2.24, 2.45) is 0 Å². The molecule has 2 aromatic rings. The molecule has 0 aliphatic rings. The maximum Gasteiger partial charge on any atom is 0.258 e. The number of benzene rings is 2. The van der Waals surface area contributed by atoms with Crippen molar-refractivity contribution < 1.29 is 17.9 Å². The number of carbonyl (C=O) groups is 1. The average Bonchev–Trinajstić information content (AvgIpc) is 2.58. The summed E-state index contributed by atoms with van der Waals surface area (Å²) in [5.74, 6) is 0.253. The first-order valence-corrected chi connectivity index (χ1v) is 9.77. The van der Waals surface area contributed by atoms with Gasteiger partial charge in [0.05, 0.1) is 23.5 Å². The van der Waals surface area contributed by atoms with Crippen molar-refractivity contribution in [2.45, 2.75) is 0 Å². The lowest BCUT2D eigenvalue weighted by atomic mass is 10.3. The van der Waals surface area contributed by atoms with Gasteiger partial charge in [0.2, 0.25) is 10.0 Å². The molecule has 0 heterocycles. The number of carbonyl (C=O) groups excluding carboxylic acids is 1. The lowest BCUT2D eigenvalue weighted by Gasteiger charge is -2.23. The largest absolute Gasteiger partial charge is 0.484 e. The Morgan fingerprint density at radius 1 is 1.12 bits per heavy atom. The van der Waals surface area contributed by atoms with Crippen molar-refractivity contribution in [1.82, 2.24) is 5.32 Å². The summed E-state index contributed by atoms with van der Waals surface area (Å²) in [6.07, 6.45) is 1.09. The number of hydrogen-bond donors (Lipinski definition) is 1. The molecule has 0 aliphatic heterocycles. The van der Waals surface area contributed by atoms with Crippen molar-refractivity contribution in [3.05, 3.63) is 59.6 Å². The maximum absolute atomic E-state index is 12.0. The number of ether oxygens (including phenoxy) is 1. The maximum atomic E-state index is 12.0. The van der Waals surface area contributed by atoms with Gasteiger partial charge in [-0.05, 0) is 24.3 Å². The third kappa shape index (κ3) is 5.95. The summed E-state index contributed by atoms with van der Waals surface area (Å²) < 4.78 is 30.5. The number of nitrogens with one attached hydrogen (secondary N) is 1. The van der Waals surface area contributed by atoms with Gasteiger partial charge in [0, 0.05) is 6.54 Å². The zero-order chi connectivity index (χ0) is 18.3. The third-order valence-corrected chi connectivity index (χ3v) is 4.77. The summed E-state index contributed by atoms with van der Waals surface area (Å²) >= 11 is 6.07. The fourth-order valence-corrected chi connectivity index (χ4v) is 3.36. The number of halogens is 1. The van der Waals surface area contributed by atoms with Gasteiger partial charge in [-0.15, -0.1) is 0 Å². The minimum absolute atomic E-state index is 0.0691. The van der Waals surface area contributed by atoms with Crippen LogP contribution in [0.25, 0.3) is 0 Å². The van der Waals surface area contributed by atoms with Crippen LogP contribution in [-0.2, 0) is 14.8 Å². The average molecular weight is 383 g/mol. The number of para-hydroxylation sites is 2. The van der Waals surface area contributed by atoms with Crippen LogP contribution in [0.2, 0.25) is 5.02 Å². The van der Waals surface area contributed by atoms with Gasteiger partial charge in [0.15, 0.2) is 6.61 Å². The number of nitrogens with zero attached hydrogens (tertiary/aromatic N) is 1. The summed E-state index contributed by atoms with van der Waals surface area (Å²) in [4.78, 5) is 11.8. The molecule has 0 atom stereocenters. The molecule has 1 N–H and O–H groups in total. The molecule has 0 radical (unpaired) electrons. The molecule has 0 fully saturated rings. The Hall–Kier alpha value is -2.25. The first kappa shape index (κ1) is 19.1. The van der Waals surface area contributed by atoms with Crippen LogP contribution in [0.3, 0.4) is 0 Å². The highest BCUT2D eigenvalue weighted by Crippen LogP contribution is 2.26. The van der Waals surface area contributed by atoms with E-state index in [-0.39, 0.29) is 25.6 Å². The molecule has 0 spiro atoms. The lowest BCUT2D eigenvalue weighted by Crippen LogP contribution is -2.39. The van der Waals surface area contributed by atoms with Gasteiger partial charge < -0.3 is 10.1 Å². The van der Waals surface area contributed by atoms with Crippen LogP contribution in [0.5, 0.6) is 5.75 Å². The molecule has 0 bridgehead atoms. The van der Waals surface area contributed by atoms with Crippen molar-refractivity contribution in [3.8, 4) is 5.75 Å². The van der Waals surface area contributed by atoms with Crippen LogP contribution in [0, 0.1) is 0 Å². The fraction of sp³-hybridized carbons (Fsp3) is 0.235. The minimum Gasteiger partial charge on any atom is -0.484 e. The topological polar surface area (TPSA) is 75.7 Å². The molecule has 8 heteroatoms. The van der Waals surface area contributed by atoms with Crippen LogP contribution in [-0.4, -0.2) is 40.3 Å². The van der Waals surface area contributed by atoms with E-state index < -0.39 is 10.0 Å². The Bertz CT molecular complexity index is 812. The van der Waals surface area contributed by atoms with Crippen molar-refractivity contribution in [3.63, 3.8) is 0 Å². The predicted molar refractivity (Wildman–Crippen MR) is 98.6 cm³/mol. The fourth-order valence-electron chi connectivity index (χ4n) is 2.13. The van der Waals surface area contributed by atoms with Gasteiger partial charge in [0.1, 0.15) is 5.75 Å². The molecule has 2 rings (SSSR count). The predicted octanol–water partition coefficient (Wildman–Crippen LogP) is 2.30. The van der Waals surface area contributed by atoms with E-state index in [0.29, 0.717) is 16.5 Å². The Morgan fingerprint density at radius 3 is 2.40 bits per heavy atom.